The number of hydrogen-bond acceptors (Lipinski definition) is 2. The van der Waals surface area contributed by atoms with Gasteiger partial charge < -0.3 is 0 Å². The molecule has 0 saturated carbocycles. The molecular weight excluding hydrogens is 775 g/mol. The Balaban J connectivity index is 1.07. The van der Waals surface area contributed by atoms with Crippen molar-refractivity contribution in [3.63, 3.8) is 0 Å². The molecule has 1 aliphatic carbocycles. The van der Waals surface area contributed by atoms with Crippen molar-refractivity contribution >= 4 is 52.7 Å². The van der Waals surface area contributed by atoms with Gasteiger partial charge >= 0.3 is 282 Å². The molecule has 0 unspecified atom stereocenters. The van der Waals surface area contributed by atoms with Gasteiger partial charge in [0, 0.05) is 5.41 Å². The van der Waals surface area contributed by atoms with Crippen molar-refractivity contribution in [1.82, 2.24) is 14.5 Å². The molecule has 3 nitrogen and oxygen atoms in total. The average Bonchev–Trinajstić information content (AvgIpc) is 3.87. The Bertz CT molecular complexity index is 3240. The number of hydrogen-bond donors (Lipinski definition) is 0. The normalized spacial score (nSPS) is 14.2. The Morgan fingerprint density at radius 3 is 1.76 bits per heavy atom. The molecule has 10 aromatic rings. The molecule has 59 heavy (non-hydrogen) atoms. The van der Waals surface area contributed by atoms with Crippen LogP contribution in [-0.4, -0.2) is 27.8 Å². The molecule has 2 aromatic heterocycles. The molecule has 3 heterocycles. The van der Waals surface area contributed by atoms with E-state index < -0.39 is 13.3 Å². The SMILES string of the molecule is CC1(C)c2ccccc2-c2cc3c(cc21)c1ccccc1n3-c1ccc(-c2nc(-c3ccccc3)[c]3c(n2)-c2cccc[c]2[Ge]3([c]2ccccc2)[c]2ccccc2)cc1. The first kappa shape index (κ1) is 34.2. The van der Waals surface area contributed by atoms with Crippen LogP contribution in [0.2, 0.25) is 0 Å². The molecule has 0 fully saturated rings. The van der Waals surface area contributed by atoms with Gasteiger partial charge in [-0.1, -0.05) is 44.2 Å². The molecule has 8 aromatic carbocycles. The van der Waals surface area contributed by atoms with E-state index in [1.807, 2.05) is 0 Å². The summed E-state index contributed by atoms with van der Waals surface area (Å²) in [7, 11) is 0. The van der Waals surface area contributed by atoms with E-state index in [2.05, 4.69) is 219 Å². The Hall–Kier alpha value is -6.82. The Labute approximate surface area is 346 Å². The summed E-state index contributed by atoms with van der Waals surface area (Å²) in [6.45, 7) is 4.72. The predicted octanol–water partition coefficient (Wildman–Crippen LogP) is 10.6. The second-order valence-electron chi connectivity index (χ2n) is 16.5. The molecule has 1 aliphatic heterocycles. The summed E-state index contributed by atoms with van der Waals surface area (Å²) in [5.74, 6) is 0.738. The number of rotatable bonds is 5. The number of nitrogens with zero attached hydrogens (tertiary/aromatic N) is 3. The van der Waals surface area contributed by atoms with Crippen LogP contribution in [-0.2, 0) is 5.41 Å². The first-order chi connectivity index (χ1) is 29.0. The standard InChI is InChI=1S/C55H39GeN3/c1-55(2)46-27-15-12-24-41(46)44-35-50-45(34-47(44)55)42-25-14-17-29-49(42)59(50)40-32-30-37(31-33-40)54-57-52(36-18-6-3-7-19-36)51-53(58-54)43-26-13-16-28-48(43)56(51,38-20-8-4-9-21-38)39-22-10-5-11-23-39/h3-35H,1-2H3. The zero-order valence-corrected chi connectivity index (χ0v) is 35.0. The van der Waals surface area contributed by atoms with E-state index in [-0.39, 0.29) is 5.41 Å². The Morgan fingerprint density at radius 1 is 0.441 bits per heavy atom. The molecular formula is C55H39GeN3. The van der Waals surface area contributed by atoms with E-state index in [9.17, 15) is 0 Å². The van der Waals surface area contributed by atoms with Crippen LogP contribution in [0.5, 0.6) is 0 Å². The van der Waals surface area contributed by atoms with Crippen LogP contribution in [0.15, 0.2) is 200 Å². The van der Waals surface area contributed by atoms with Gasteiger partial charge in [-0.2, -0.15) is 0 Å². The van der Waals surface area contributed by atoms with E-state index in [1.54, 1.807) is 0 Å². The fourth-order valence-electron chi connectivity index (χ4n) is 10.4. The van der Waals surface area contributed by atoms with Gasteiger partial charge in [-0.3, -0.25) is 0 Å². The Kier molecular flexibility index (Phi) is 7.45. The second-order valence-corrected chi connectivity index (χ2v) is 24.2. The molecule has 278 valence electrons. The summed E-state index contributed by atoms with van der Waals surface area (Å²) in [4.78, 5) is 11.2. The molecule has 4 heteroatoms. The summed E-state index contributed by atoms with van der Waals surface area (Å²) in [5.41, 5.74) is 14.3. The van der Waals surface area contributed by atoms with Crippen LogP contribution in [0.25, 0.3) is 72.5 Å². The quantitative estimate of drug-likeness (QED) is 0.162. The molecule has 0 bridgehead atoms. The third kappa shape index (κ3) is 4.83. The van der Waals surface area contributed by atoms with E-state index in [0.29, 0.717) is 0 Å². The van der Waals surface area contributed by atoms with Gasteiger partial charge in [-0.15, -0.1) is 0 Å². The van der Waals surface area contributed by atoms with Crippen LogP contribution in [0.4, 0.5) is 0 Å². The molecule has 12 rings (SSSR count). The van der Waals surface area contributed by atoms with E-state index in [4.69, 9.17) is 9.97 Å². The van der Waals surface area contributed by atoms with Crippen LogP contribution in [0.3, 0.4) is 0 Å². The molecule has 0 amide bonds. The van der Waals surface area contributed by atoms with Crippen LogP contribution < -0.4 is 17.6 Å². The molecule has 0 N–H and O–H groups in total. The number of aromatic nitrogens is 3. The summed E-state index contributed by atoms with van der Waals surface area (Å²) in [5, 5.41) is 2.54. The van der Waals surface area contributed by atoms with E-state index >= 15 is 0 Å². The molecule has 0 saturated heterocycles. The van der Waals surface area contributed by atoms with Crippen molar-refractivity contribution < 1.29 is 0 Å². The van der Waals surface area contributed by atoms with Crippen molar-refractivity contribution in [2.45, 2.75) is 19.3 Å². The van der Waals surface area contributed by atoms with Crippen molar-refractivity contribution in [2.24, 2.45) is 0 Å². The minimum atomic E-state index is -3.62. The summed E-state index contributed by atoms with van der Waals surface area (Å²) < 4.78 is 7.90. The Morgan fingerprint density at radius 2 is 1.03 bits per heavy atom. The summed E-state index contributed by atoms with van der Waals surface area (Å²) >= 11 is -3.62. The maximum absolute atomic E-state index is 5.61. The molecule has 0 spiro atoms. The van der Waals surface area contributed by atoms with Gasteiger partial charge in [0.2, 0.25) is 0 Å². The third-order valence-corrected chi connectivity index (χ3v) is 23.3. The van der Waals surface area contributed by atoms with Gasteiger partial charge in [0.15, 0.2) is 0 Å². The number of para-hydroxylation sites is 1. The summed E-state index contributed by atoms with van der Waals surface area (Å²) in [6, 6.07) is 73.6. The van der Waals surface area contributed by atoms with Gasteiger partial charge in [-0.05, 0) is 16.7 Å². The zero-order chi connectivity index (χ0) is 39.3. The fourth-order valence-corrected chi connectivity index (χ4v) is 21.4. The van der Waals surface area contributed by atoms with Crippen LogP contribution >= 0.6 is 0 Å². The van der Waals surface area contributed by atoms with Gasteiger partial charge in [0.1, 0.15) is 0 Å². The maximum atomic E-state index is 5.61. The van der Waals surface area contributed by atoms with Gasteiger partial charge in [0.25, 0.3) is 0 Å². The topological polar surface area (TPSA) is 30.7 Å². The van der Waals surface area contributed by atoms with Crippen LogP contribution in [0.1, 0.15) is 25.0 Å². The first-order valence-corrected chi connectivity index (χ1v) is 24.7. The minimum absolute atomic E-state index is 0.0643. The van der Waals surface area contributed by atoms with Crippen LogP contribution in [0, 0.1) is 0 Å². The number of fused-ring (bicyclic) bond motifs is 9. The fraction of sp³-hybridized carbons (Fsp3) is 0.0545. The van der Waals surface area contributed by atoms with E-state index in [1.165, 1.54) is 67.2 Å². The van der Waals surface area contributed by atoms with Gasteiger partial charge in [-0.25, -0.2) is 0 Å². The third-order valence-electron chi connectivity index (χ3n) is 13.1. The first-order valence-electron chi connectivity index (χ1n) is 20.5. The van der Waals surface area contributed by atoms with Gasteiger partial charge in [0.05, 0.1) is 0 Å². The number of benzene rings is 8. The monoisotopic (exact) mass is 815 g/mol. The molecule has 0 radical (unpaired) electrons. The molecule has 0 atom stereocenters. The zero-order valence-electron chi connectivity index (χ0n) is 32.9. The van der Waals surface area contributed by atoms with Crippen molar-refractivity contribution in [3.05, 3.63) is 211 Å². The van der Waals surface area contributed by atoms with Crippen molar-refractivity contribution in [3.8, 4) is 50.7 Å². The predicted molar refractivity (Wildman–Crippen MR) is 247 cm³/mol. The second kappa shape index (κ2) is 12.8. The summed E-state index contributed by atoms with van der Waals surface area (Å²) in [6.07, 6.45) is 0. The van der Waals surface area contributed by atoms with Crippen molar-refractivity contribution in [1.29, 1.82) is 0 Å². The molecule has 2 aliphatic rings. The average molecular weight is 815 g/mol. The van der Waals surface area contributed by atoms with Crippen molar-refractivity contribution in [2.75, 3.05) is 0 Å². The van der Waals surface area contributed by atoms with E-state index in [0.717, 1.165) is 34.0 Å².